The maximum Gasteiger partial charge on any atom is 0.411 e. The van der Waals surface area contributed by atoms with Crippen molar-refractivity contribution < 1.29 is 9.53 Å². The molecule has 0 aliphatic heterocycles. The van der Waals surface area contributed by atoms with Crippen LogP contribution in [0.4, 0.5) is 10.5 Å². The molecule has 1 aliphatic carbocycles. The van der Waals surface area contributed by atoms with Crippen LogP contribution in [0.25, 0.3) is 22.0 Å². The zero-order valence-corrected chi connectivity index (χ0v) is 12.9. The van der Waals surface area contributed by atoms with E-state index >= 15 is 0 Å². The van der Waals surface area contributed by atoms with Crippen molar-refractivity contribution in [3.8, 4) is 11.1 Å². The van der Waals surface area contributed by atoms with Crippen LogP contribution in [0, 0.1) is 6.92 Å². The lowest BCUT2D eigenvalue weighted by Gasteiger charge is -2.09. The van der Waals surface area contributed by atoms with E-state index in [1.807, 2.05) is 19.1 Å². The van der Waals surface area contributed by atoms with Crippen LogP contribution in [0.3, 0.4) is 0 Å². The van der Waals surface area contributed by atoms with E-state index in [4.69, 9.17) is 4.74 Å². The van der Waals surface area contributed by atoms with Gasteiger partial charge in [0.2, 0.25) is 0 Å². The number of carbonyl (C=O) groups is 1. The molecule has 0 saturated heterocycles. The molecule has 2 heterocycles. The third kappa shape index (κ3) is 2.34. The van der Waals surface area contributed by atoms with Gasteiger partial charge in [0.05, 0.1) is 30.2 Å². The van der Waals surface area contributed by atoms with Crippen molar-refractivity contribution >= 4 is 22.7 Å². The minimum atomic E-state index is -0.504. The highest BCUT2D eigenvalue weighted by atomic mass is 16.5. The monoisotopic (exact) mass is 311 g/mol. The number of aryl methyl sites for hydroxylation is 1. The topological polar surface area (TPSA) is 95.7 Å². The molecule has 0 unspecified atom stereocenters. The van der Waals surface area contributed by atoms with Crippen molar-refractivity contribution in [3.63, 3.8) is 0 Å². The van der Waals surface area contributed by atoms with Gasteiger partial charge in [0.25, 0.3) is 0 Å². The predicted octanol–water partition coefficient (Wildman–Crippen LogP) is 3.32. The van der Waals surface area contributed by atoms with Gasteiger partial charge in [0.15, 0.2) is 0 Å². The lowest BCUT2D eigenvalue weighted by atomic mass is 9.99. The molecule has 118 valence electrons. The number of H-pyrrole nitrogens is 2. The molecule has 7 heteroatoms. The van der Waals surface area contributed by atoms with Crippen molar-refractivity contribution in [1.29, 1.82) is 0 Å². The normalized spacial score (nSPS) is 14.2. The highest BCUT2D eigenvalue weighted by Gasteiger charge is 2.30. The minimum absolute atomic E-state index is 0.504. The smallest absolute Gasteiger partial charge is 0.411 e. The maximum atomic E-state index is 11.6. The fourth-order valence-corrected chi connectivity index (χ4v) is 2.92. The minimum Gasteiger partial charge on any atom is -0.453 e. The first-order valence-electron chi connectivity index (χ1n) is 7.54. The number of nitrogens with zero attached hydrogens (tertiary/aromatic N) is 2. The van der Waals surface area contributed by atoms with Gasteiger partial charge in [-0.2, -0.15) is 10.2 Å². The molecule has 4 rings (SSSR count). The molecule has 3 N–H and O–H groups in total. The fourth-order valence-electron chi connectivity index (χ4n) is 2.92. The van der Waals surface area contributed by atoms with E-state index in [1.54, 1.807) is 6.20 Å². The number of hydrogen-bond acceptors (Lipinski definition) is 4. The van der Waals surface area contributed by atoms with Gasteiger partial charge in [0, 0.05) is 22.6 Å². The number of anilines is 1. The van der Waals surface area contributed by atoms with Gasteiger partial charge in [-0.05, 0) is 37.5 Å². The number of amides is 1. The summed E-state index contributed by atoms with van der Waals surface area (Å²) in [5.41, 5.74) is 5.76. The highest BCUT2D eigenvalue weighted by molar-refractivity contribution is 6.01. The summed E-state index contributed by atoms with van der Waals surface area (Å²) in [7, 11) is 1.34. The number of nitrogens with one attached hydrogen (secondary N) is 3. The molecule has 23 heavy (non-hydrogen) atoms. The number of rotatable bonds is 3. The van der Waals surface area contributed by atoms with Crippen LogP contribution in [0.2, 0.25) is 0 Å². The Balaban J connectivity index is 1.87. The Morgan fingerprint density at radius 3 is 2.91 bits per heavy atom. The second kappa shape index (κ2) is 5.12. The summed E-state index contributed by atoms with van der Waals surface area (Å²) in [6.07, 6.45) is 3.54. The molecule has 1 aromatic carbocycles. The SMILES string of the molecule is COC(=O)Nc1cc(-c2c(C3CC3)n[nH]c2C)cc2[nH]ncc12. The van der Waals surface area contributed by atoms with Crippen LogP contribution >= 0.6 is 0 Å². The summed E-state index contributed by atoms with van der Waals surface area (Å²) in [6.45, 7) is 2.01. The number of fused-ring (bicyclic) bond motifs is 1. The molecule has 2 aromatic heterocycles. The van der Waals surface area contributed by atoms with Crippen LogP contribution in [-0.4, -0.2) is 33.6 Å². The van der Waals surface area contributed by atoms with E-state index in [0.29, 0.717) is 11.6 Å². The van der Waals surface area contributed by atoms with E-state index in [1.165, 1.54) is 20.0 Å². The molecule has 7 nitrogen and oxygen atoms in total. The van der Waals surface area contributed by atoms with Gasteiger partial charge in [-0.25, -0.2) is 4.79 Å². The summed E-state index contributed by atoms with van der Waals surface area (Å²) in [4.78, 5) is 11.6. The first-order valence-corrected chi connectivity index (χ1v) is 7.54. The Hall–Kier alpha value is -2.83. The number of carbonyl (C=O) groups excluding carboxylic acids is 1. The summed E-state index contributed by atoms with van der Waals surface area (Å²) in [5.74, 6) is 0.532. The molecule has 0 radical (unpaired) electrons. The largest absolute Gasteiger partial charge is 0.453 e. The first kappa shape index (κ1) is 13.8. The highest BCUT2D eigenvalue weighted by Crippen LogP contribution is 2.45. The third-order valence-electron chi connectivity index (χ3n) is 4.21. The third-order valence-corrected chi connectivity index (χ3v) is 4.21. The molecule has 0 atom stereocenters. The molecule has 1 aliphatic rings. The number of benzene rings is 1. The number of methoxy groups -OCH3 is 1. The Labute approximate surface area is 132 Å². The quantitative estimate of drug-likeness (QED) is 0.691. The number of ether oxygens (including phenoxy) is 1. The molecule has 0 spiro atoms. The summed E-state index contributed by atoms with van der Waals surface area (Å²) < 4.78 is 4.71. The van der Waals surface area contributed by atoms with Crippen molar-refractivity contribution in [2.75, 3.05) is 12.4 Å². The predicted molar refractivity (Wildman–Crippen MR) is 86.4 cm³/mol. The molecule has 0 bridgehead atoms. The molecular formula is C16H17N5O2. The van der Waals surface area contributed by atoms with Gasteiger partial charge in [-0.15, -0.1) is 0 Å². The average molecular weight is 311 g/mol. The van der Waals surface area contributed by atoms with Crippen molar-refractivity contribution in [1.82, 2.24) is 20.4 Å². The lowest BCUT2D eigenvalue weighted by Crippen LogP contribution is -2.11. The average Bonchev–Trinajstić information content (AvgIpc) is 3.14. The first-order chi connectivity index (χ1) is 11.2. The van der Waals surface area contributed by atoms with Crippen LogP contribution < -0.4 is 5.32 Å². The Kier molecular flexibility index (Phi) is 3.07. The van der Waals surface area contributed by atoms with Gasteiger partial charge in [-0.1, -0.05) is 0 Å². The van der Waals surface area contributed by atoms with Crippen LogP contribution in [0.5, 0.6) is 0 Å². The fraction of sp³-hybridized carbons (Fsp3) is 0.312. The van der Waals surface area contributed by atoms with Gasteiger partial charge >= 0.3 is 6.09 Å². The van der Waals surface area contributed by atoms with Gasteiger partial charge in [0.1, 0.15) is 0 Å². The van der Waals surface area contributed by atoms with Crippen LogP contribution in [0.15, 0.2) is 18.3 Å². The molecule has 3 aromatic rings. The van der Waals surface area contributed by atoms with E-state index in [0.717, 1.165) is 33.4 Å². The standard InChI is InChI=1S/C16H17N5O2/c1-8-14(15(21-19-8)9-3-4-9)10-5-12(18-16(22)23-2)11-7-17-20-13(11)6-10/h5-7,9H,3-4H2,1-2H3,(H,17,20)(H,18,22)(H,19,21). The second-order valence-electron chi connectivity index (χ2n) is 5.85. The lowest BCUT2D eigenvalue weighted by molar-refractivity contribution is 0.187. The Morgan fingerprint density at radius 2 is 2.17 bits per heavy atom. The van der Waals surface area contributed by atoms with E-state index in [-0.39, 0.29) is 0 Å². The van der Waals surface area contributed by atoms with Gasteiger partial charge in [-0.3, -0.25) is 15.5 Å². The number of aromatic amines is 2. The molecule has 1 fully saturated rings. The van der Waals surface area contributed by atoms with Crippen LogP contribution in [-0.2, 0) is 4.74 Å². The van der Waals surface area contributed by atoms with Crippen LogP contribution in [0.1, 0.15) is 30.1 Å². The Bertz CT molecular complexity index is 891. The van der Waals surface area contributed by atoms with Crippen molar-refractivity contribution in [2.24, 2.45) is 0 Å². The van der Waals surface area contributed by atoms with Crippen molar-refractivity contribution in [3.05, 3.63) is 29.7 Å². The molecule has 1 amide bonds. The Morgan fingerprint density at radius 1 is 1.35 bits per heavy atom. The zero-order valence-electron chi connectivity index (χ0n) is 12.9. The van der Waals surface area contributed by atoms with Crippen molar-refractivity contribution in [2.45, 2.75) is 25.7 Å². The van der Waals surface area contributed by atoms with E-state index < -0.39 is 6.09 Å². The molecular weight excluding hydrogens is 294 g/mol. The maximum absolute atomic E-state index is 11.6. The van der Waals surface area contributed by atoms with E-state index in [2.05, 4.69) is 25.7 Å². The zero-order chi connectivity index (χ0) is 16.0. The number of aromatic nitrogens is 4. The summed E-state index contributed by atoms with van der Waals surface area (Å²) in [5, 5.41) is 18.2. The summed E-state index contributed by atoms with van der Waals surface area (Å²) in [6, 6.07) is 3.98. The summed E-state index contributed by atoms with van der Waals surface area (Å²) >= 11 is 0. The second-order valence-corrected chi connectivity index (χ2v) is 5.85. The number of hydrogen-bond donors (Lipinski definition) is 3. The molecule has 1 saturated carbocycles. The van der Waals surface area contributed by atoms with Gasteiger partial charge < -0.3 is 4.74 Å². The van der Waals surface area contributed by atoms with E-state index in [9.17, 15) is 4.79 Å².